The van der Waals surface area contributed by atoms with Crippen molar-refractivity contribution in [1.82, 2.24) is 4.31 Å². The lowest BCUT2D eigenvalue weighted by atomic mass is 9.99. The van der Waals surface area contributed by atoms with Crippen LogP contribution in [0.4, 0.5) is 17.6 Å². The van der Waals surface area contributed by atoms with Crippen molar-refractivity contribution in [2.45, 2.75) is 22.1 Å². The van der Waals surface area contributed by atoms with Crippen molar-refractivity contribution in [3.63, 3.8) is 0 Å². The summed E-state index contributed by atoms with van der Waals surface area (Å²) in [5.74, 6) is -3.01. The third kappa shape index (κ3) is 3.89. The molecule has 2 aromatic rings. The Bertz CT molecular complexity index is 1440. The number of carbonyl (C=O) groups is 1. The molecule has 1 atom stereocenters. The maximum absolute atomic E-state index is 14.0. The van der Waals surface area contributed by atoms with Crippen LogP contribution in [0.5, 0.6) is 0 Å². The number of benzene rings is 2. The molecule has 1 fully saturated rings. The Balaban J connectivity index is 1.74. The van der Waals surface area contributed by atoms with Crippen molar-refractivity contribution in [3.05, 3.63) is 64.3 Å². The number of hydrogen-bond donors (Lipinski definition) is 1. The molecule has 34 heavy (non-hydrogen) atoms. The molecule has 2 aliphatic rings. The normalized spacial score (nSPS) is 20.9. The summed E-state index contributed by atoms with van der Waals surface area (Å²) in [5.41, 5.74) is 3.73. The predicted octanol–water partition coefficient (Wildman–Crippen LogP) is 1.92. The van der Waals surface area contributed by atoms with Gasteiger partial charge in [0.15, 0.2) is 0 Å². The molecule has 1 saturated heterocycles. The lowest BCUT2D eigenvalue weighted by Crippen LogP contribution is -2.46. The number of fused-ring (bicyclic) bond motifs is 1. The van der Waals surface area contributed by atoms with Gasteiger partial charge < -0.3 is 10.5 Å². The number of primary amides is 1. The monoisotopic (exact) mass is 520 g/mol. The summed E-state index contributed by atoms with van der Waals surface area (Å²) in [6, 6.07) is 6.87. The van der Waals surface area contributed by atoms with Gasteiger partial charge in [0.1, 0.15) is 10.7 Å². The topological polar surface area (TPSA) is 124 Å². The van der Waals surface area contributed by atoms with Crippen LogP contribution >= 0.6 is 0 Å². The zero-order valence-electron chi connectivity index (χ0n) is 17.0. The minimum Gasteiger partial charge on any atom is -0.371 e. The lowest BCUT2D eigenvalue weighted by Gasteiger charge is -2.33. The molecule has 8 nitrogen and oxygen atoms in total. The highest BCUT2D eigenvalue weighted by atomic mass is 32.2. The molecule has 2 aliphatic heterocycles. The van der Waals surface area contributed by atoms with Crippen LogP contribution in [0.25, 0.3) is 5.57 Å². The third-order valence-electron chi connectivity index (χ3n) is 5.44. The quantitative estimate of drug-likeness (QED) is 0.615. The Labute approximate surface area is 191 Å². The van der Waals surface area contributed by atoms with E-state index in [0.29, 0.717) is 12.1 Å². The minimum atomic E-state index is -5.00. The molecule has 4 rings (SSSR count). The Morgan fingerprint density at radius 3 is 2.44 bits per heavy atom. The third-order valence-corrected chi connectivity index (χ3v) is 9.19. The molecular formula is C20H16F4N2O6S2. The number of alkyl halides is 3. The number of amides is 1. The summed E-state index contributed by atoms with van der Waals surface area (Å²) < 4.78 is 111. The van der Waals surface area contributed by atoms with Gasteiger partial charge >= 0.3 is 6.18 Å². The van der Waals surface area contributed by atoms with Crippen LogP contribution < -0.4 is 5.73 Å². The maximum Gasteiger partial charge on any atom is 0.419 e. The van der Waals surface area contributed by atoms with E-state index >= 15 is 0 Å². The molecule has 1 amide bonds. The Morgan fingerprint density at radius 1 is 1.15 bits per heavy atom. The molecule has 0 saturated carbocycles. The lowest BCUT2D eigenvalue weighted by molar-refractivity contribution is -0.140. The van der Waals surface area contributed by atoms with E-state index in [1.165, 1.54) is 24.3 Å². The van der Waals surface area contributed by atoms with E-state index in [1.807, 2.05) is 0 Å². The summed E-state index contributed by atoms with van der Waals surface area (Å²) in [7, 11) is -8.77. The van der Waals surface area contributed by atoms with E-state index in [4.69, 9.17) is 10.5 Å². The van der Waals surface area contributed by atoms with Crippen LogP contribution in [0.15, 0.2) is 57.2 Å². The molecule has 2 aromatic carbocycles. The van der Waals surface area contributed by atoms with E-state index in [9.17, 15) is 39.2 Å². The van der Waals surface area contributed by atoms with Gasteiger partial charge in [0, 0.05) is 24.2 Å². The smallest absolute Gasteiger partial charge is 0.371 e. The summed E-state index contributed by atoms with van der Waals surface area (Å²) in [4.78, 5) is 10.4. The van der Waals surface area contributed by atoms with Gasteiger partial charge in [-0.2, -0.15) is 17.5 Å². The molecule has 0 radical (unpaired) electrons. The van der Waals surface area contributed by atoms with Crippen LogP contribution in [0.1, 0.15) is 11.1 Å². The Hall–Kier alpha value is -2.81. The number of morpholine rings is 1. The number of hydrogen-bond acceptors (Lipinski definition) is 6. The van der Waals surface area contributed by atoms with Gasteiger partial charge in [-0.15, -0.1) is 0 Å². The SMILES string of the molecule is NC(=O)C1=C(C2CN(S(=O)(=O)c3ccc(C(F)(F)F)c(F)c3)CCO2)c2ccccc2S1(=O)=O. The first kappa shape index (κ1) is 24.3. The van der Waals surface area contributed by atoms with Crippen molar-refractivity contribution in [2.24, 2.45) is 5.73 Å². The summed E-state index contributed by atoms with van der Waals surface area (Å²) >= 11 is 0. The van der Waals surface area contributed by atoms with Crippen LogP contribution in [-0.2, 0) is 35.6 Å². The second-order valence-electron chi connectivity index (χ2n) is 7.47. The van der Waals surface area contributed by atoms with Crippen molar-refractivity contribution in [2.75, 3.05) is 19.7 Å². The van der Waals surface area contributed by atoms with E-state index < -0.39 is 65.8 Å². The molecule has 182 valence electrons. The zero-order valence-corrected chi connectivity index (χ0v) is 18.7. The zero-order chi connectivity index (χ0) is 25.1. The highest BCUT2D eigenvalue weighted by Crippen LogP contribution is 2.42. The largest absolute Gasteiger partial charge is 0.419 e. The number of nitrogens with zero attached hydrogens (tertiary/aromatic N) is 1. The average Bonchev–Trinajstić information content (AvgIpc) is 3.00. The van der Waals surface area contributed by atoms with Crippen LogP contribution in [0.3, 0.4) is 0 Å². The second kappa shape index (κ2) is 8.15. The fourth-order valence-corrected chi connectivity index (χ4v) is 7.12. The van der Waals surface area contributed by atoms with Gasteiger partial charge in [0.2, 0.25) is 19.9 Å². The van der Waals surface area contributed by atoms with Gasteiger partial charge in [-0.05, 0) is 24.3 Å². The first-order chi connectivity index (χ1) is 15.8. The van der Waals surface area contributed by atoms with Gasteiger partial charge in [-0.1, -0.05) is 18.2 Å². The Kier molecular flexibility index (Phi) is 5.83. The second-order valence-corrected chi connectivity index (χ2v) is 11.3. The first-order valence-electron chi connectivity index (χ1n) is 9.63. The molecule has 0 spiro atoms. The predicted molar refractivity (Wildman–Crippen MR) is 110 cm³/mol. The van der Waals surface area contributed by atoms with Crippen LogP contribution in [0, 0.1) is 5.82 Å². The van der Waals surface area contributed by atoms with E-state index in [-0.39, 0.29) is 35.3 Å². The molecular weight excluding hydrogens is 504 g/mol. The number of carbonyl (C=O) groups excluding carboxylic acids is 1. The van der Waals surface area contributed by atoms with Gasteiger partial charge in [0.05, 0.1) is 28.1 Å². The fraction of sp³-hybridized carbons (Fsp3) is 0.250. The summed E-state index contributed by atoms with van der Waals surface area (Å²) in [5, 5.41) is 0. The molecule has 2 N–H and O–H groups in total. The highest BCUT2D eigenvalue weighted by molar-refractivity contribution is 7.97. The van der Waals surface area contributed by atoms with Crippen molar-refractivity contribution >= 4 is 31.3 Å². The Morgan fingerprint density at radius 2 is 1.82 bits per heavy atom. The standard InChI is InChI=1S/C20H16F4N2O6S2/c21-14-9-11(5-6-13(14)20(22,23)24)34(30,31)26-7-8-32-15(10-26)17-12-3-1-2-4-16(12)33(28,29)18(17)19(25)27/h1-6,9,15H,7-8,10H2,(H2,25,27). The van der Waals surface area contributed by atoms with Gasteiger partial charge in [-0.25, -0.2) is 21.2 Å². The van der Waals surface area contributed by atoms with Crippen molar-refractivity contribution in [3.8, 4) is 0 Å². The number of sulfonamides is 1. The van der Waals surface area contributed by atoms with E-state index in [2.05, 4.69) is 0 Å². The van der Waals surface area contributed by atoms with Crippen molar-refractivity contribution < 1.29 is 43.9 Å². The molecule has 2 heterocycles. The van der Waals surface area contributed by atoms with Gasteiger partial charge in [-0.3, -0.25) is 4.79 Å². The number of ether oxygens (including phenoxy) is 1. The number of nitrogens with two attached hydrogens (primary N) is 1. The summed E-state index contributed by atoms with van der Waals surface area (Å²) in [6.45, 7) is -0.958. The molecule has 0 aromatic heterocycles. The van der Waals surface area contributed by atoms with Gasteiger partial charge in [0.25, 0.3) is 5.91 Å². The number of rotatable bonds is 4. The first-order valence-corrected chi connectivity index (χ1v) is 12.6. The number of halogens is 4. The minimum absolute atomic E-state index is 0.110. The molecule has 1 unspecified atom stereocenters. The fourth-order valence-electron chi connectivity index (χ4n) is 3.94. The summed E-state index contributed by atoms with van der Waals surface area (Å²) in [6.07, 6.45) is -6.24. The average molecular weight is 520 g/mol. The number of sulfone groups is 1. The molecule has 14 heteroatoms. The van der Waals surface area contributed by atoms with Crippen LogP contribution in [0.2, 0.25) is 0 Å². The van der Waals surface area contributed by atoms with E-state index in [0.717, 1.165) is 4.31 Å². The molecule has 0 bridgehead atoms. The highest BCUT2D eigenvalue weighted by Gasteiger charge is 2.44. The van der Waals surface area contributed by atoms with Crippen molar-refractivity contribution in [1.29, 1.82) is 0 Å². The van der Waals surface area contributed by atoms with E-state index in [1.54, 1.807) is 0 Å². The molecule has 0 aliphatic carbocycles. The maximum atomic E-state index is 14.0. The van der Waals surface area contributed by atoms with Crippen LogP contribution in [-0.4, -0.2) is 52.8 Å².